The van der Waals surface area contributed by atoms with E-state index < -0.39 is 10.0 Å². The SMILES string of the molecule is Nc1cccc(S(=O)(=O)Nc2cc(-c3ccncc3)nn2-c2ccc(Cl)cc2)c1. The molecule has 0 amide bonds. The quantitative estimate of drug-likeness (QED) is 0.471. The number of hydrogen-bond donors (Lipinski definition) is 2. The molecule has 2 aromatic carbocycles. The summed E-state index contributed by atoms with van der Waals surface area (Å²) in [7, 11) is -3.87. The van der Waals surface area contributed by atoms with Crippen LogP contribution in [-0.2, 0) is 10.0 Å². The van der Waals surface area contributed by atoms with E-state index >= 15 is 0 Å². The molecule has 0 radical (unpaired) electrons. The van der Waals surface area contributed by atoms with Crippen LogP contribution in [-0.4, -0.2) is 23.2 Å². The maximum Gasteiger partial charge on any atom is 0.263 e. The first-order valence-electron chi connectivity index (χ1n) is 8.57. The Labute approximate surface area is 172 Å². The molecule has 3 N–H and O–H groups in total. The summed E-state index contributed by atoms with van der Waals surface area (Å²) in [6.07, 6.45) is 3.29. The molecule has 4 rings (SSSR count). The first kappa shape index (κ1) is 19.0. The van der Waals surface area contributed by atoms with Gasteiger partial charge in [0.25, 0.3) is 10.0 Å². The Morgan fingerprint density at radius 3 is 2.38 bits per heavy atom. The third-order valence-corrected chi connectivity index (χ3v) is 5.77. The van der Waals surface area contributed by atoms with Crippen molar-refractivity contribution < 1.29 is 8.42 Å². The van der Waals surface area contributed by atoms with Gasteiger partial charge in [-0.25, -0.2) is 13.1 Å². The van der Waals surface area contributed by atoms with Gasteiger partial charge in [0.05, 0.1) is 16.3 Å². The Kier molecular flexibility index (Phi) is 4.96. The second kappa shape index (κ2) is 7.57. The second-order valence-electron chi connectivity index (χ2n) is 6.22. The van der Waals surface area contributed by atoms with Gasteiger partial charge in [0.15, 0.2) is 0 Å². The third-order valence-electron chi connectivity index (χ3n) is 4.16. The van der Waals surface area contributed by atoms with Gasteiger partial charge in [-0.05, 0) is 54.6 Å². The molecule has 0 fully saturated rings. The fourth-order valence-electron chi connectivity index (χ4n) is 2.77. The number of pyridine rings is 1. The van der Waals surface area contributed by atoms with Crippen LogP contribution in [0.5, 0.6) is 0 Å². The molecule has 0 aliphatic carbocycles. The van der Waals surface area contributed by atoms with E-state index in [0.29, 0.717) is 22.1 Å². The van der Waals surface area contributed by atoms with E-state index in [0.717, 1.165) is 5.56 Å². The molecular weight excluding hydrogens is 410 g/mol. The number of nitrogen functional groups attached to an aromatic ring is 1. The summed E-state index contributed by atoms with van der Waals surface area (Å²) in [5, 5.41) is 5.14. The van der Waals surface area contributed by atoms with Crippen LogP contribution in [0.25, 0.3) is 16.9 Å². The smallest absolute Gasteiger partial charge is 0.263 e. The largest absolute Gasteiger partial charge is 0.399 e. The standard InChI is InChI=1S/C20H16ClN5O2S/c21-15-4-6-17(7-5-15)26-20(13-19(24-26)14-8-10-23-11-9-14)25-29(27,28)18-3-1-2-16(22)12-18/h1-13,25H,22H2. The highest BCUT2D eigenvalue weighted by Gasteiger charge is 2.19. The lowest BCUT2D eigenvalue weighted by molar-refractivity contribution is 0.600. The number of halogens is 1. The van der Waals surface area contributed by atoms with Crippen molar-refractivity contribution in [2.75, 3.05) is 10.5 Å². The Morgan fingerprint density at radius 1 is 0.966 bits per heavy atom. The molecule has 0 spiro atoms. The van der Waals surface area contributed by atoms with Gasteiger partial charge in [-0.1, -0.05) is 17.7 Å². The molecule has 0 aliphatic rings. The monoisotopic (exact) mass is 425 g/mol. The minimum absolute atomic E-state index is 0.0619. The van der Waals surface area contributed by atoms with Crippen molar-refractivity contribution in [3.05, 3.63) is 84.1 Å². The van der Waals surface area contributed by atoms with Crippen LogP contribution in [0.1, 0.15) is 0 Å². The van der Waals surface area contributed by atoms with Gasteiger partial charge in [-0.15, -0.1) is 0 Å². The molecule has 146 valence electrons. The lowest BCUT2D eigenvalue weighted by Gasteiger charge is -2.11. The van der Waals surface area contributed by atoms with Crippen molar-refractivity contribution in [2.24, 2.45) is 0 Å². The predicted molar refractivity (Wildman–Crippen MR) is 113 cm³/mol. The molecule has 0 aliphatic heterocycles. The molecular formula is C20H16ClN5O2S. The van der Waals surface area contributed by atoms with Crippen molar-refractivity contribution >= 4 is 33.1 Å². The number of rotatable bonds is 5. The zero-order valence-electron chi connectivity index (χ0n) is 15.0. The van der Waals surface area contributed by atoms with E-state index in [-0.39, 0.29) is 10.7 Å². The third kappa shape index (κ3) is 4.08. The van der Waals surface area contributed by atoms with Crippen molar-refractivity contribution in [1.82, 2.24) is 14.8 Å². The normalized spacial score (nSPS) is 11.3. The predicted octanol–water partition coefficient (Wildman–Crippen LogP) is 3.97. The summed E-state index contributed by atoms with van der Waals surface area (Å²) in [5.41, 5.74) is 8.14. The molecule has 2 heterocycles. The van der Waals surface area contributed by atoms with Crippen LogP contribution >= 0.6 is 11.6 Å². The van der Waals surface area contributed by atoms with Crippen LogP contribution in [0.4, 0.5) is 11.5 Å². The fourth-order valence-corrected chi connectivity index (χ4v) is 3.99. The molecule has 0 saturated carbocycles. The van der Waals surface area contributed by atoms with Crippen molar-refractivity contribution in [3.8, 4) is 16.9 Å². The molecule has 7 nitrogen and oxygen atoms in total. The van der Waals surface area contributed by atoms with Crippen LogP contribution in [0.2, 0.25) is 5.02 Å². The zero-order chi connectivity index (χ0) is 20.4. The summed E-state index contributed by atoms with van der Waals surface area (Å²) in [6.45, 7) is 0. The number of nitrogens with zero attached hydrogens (tertiary/aromatic N) is 3. The second-order valence-corrected chi connectivity index (χ2v) is 8.34. The molecule has 0 bridgehead atoms. The molecule has 4 aromatic rings. The molecule has 0 atom stereocenters. The number of nitrogens with one attached hydrogen (secondary N) is 1. The number of benzene rings is 2. The molecule has 29 heavy (non-hydrogen) atoms. The highest BCUT2D eigenvalue weighted by molar-refractivity contribution is 7.92. The molecule has 2 aromatic heterocycles. The van der Waals surface area contributed by atoms with E-state index in [2.05, 4.69) is 14.8 Å². The summed E-state index contributed by atoms with van der Waals surface area (Å²) in [6, 6.07) is 18.3. The Balaban J connectivity index is 1.81. The van der Waals surface area contributed by atoms with Crippen LogP contribution in [0, 0.1) is 0 Å². The van der Waals surface area contributed by atoms with Gasteiger partial charge in [-0.2, -0.15) is 5.10 Å². The highest BCUT2D eigenvalue weighted by Crippen LogP contribution is 2.27. The highest BCUT2D eigenvalue weighted by atomic mass is 35.5. The average Bonchev–Trinajstić information content (AvgIpc) is 3.12. The first-order valence-corrected chi connectivity index (χ1v) is 10.4. The van der Waals surface area contributed by atoms with E-state index in [4.69, 9.17) is 17.3 Å². The number of nitrogens with two attached hydrogens (primary N) is 1. The van der Waals surface area contributed by atoms with Crippen molar-refractivity contribution in [1.29, 1.82) is 0 Å². The summed E-state index contributed by atoms with van der Waals surface area (Å²) >= 11 is 5.98. The molecule has 9 heteroatoms. The Morgan fingerprint density at radius 2 is 1.69 bits per heavy atom. The number of anilines is 2. The van der Waals surface area contributed by atoms with Gasteiger partial charge < -0.3 is 5.73 Å². The van der Waals surface area contributed by atoms with Crippen LogP contribution in [0.3, 0.4) is 0 Å². The van der Waals surface area contributed by atoms with Gasteiger partial charge >= 0.3 is 0 Å². The Hall–Kier alpha value is -3.36. The van der Waals surface area contributed by atoms with Gasteiger partial charge in [-0.3, -0.25) is 9.71 Å². The van der Waals surface area contributed by atoms with Gasteiger partial charge in [0.1, 0.15) is 5.82 Å². The Bertz CT molecular complexity index is 1260. The number of sulfonamides is 1. The number of hydrogen-bond acceptors (Lipinski definition) is 5. The van der Waals surface area contributed by atoms with E-state index in [1.807, 2.05) is 0 Å². The lowest BCUT2D eigenvalue weighted by Crippen LogP contribution is -2.16. The topological polar surface area (TPSA) is 103 Å². The minimum Gasteiger partial charge on any atom is -0.399 e. The first-order chi connectivity index (χ1) is 13.9. The zero-order valence-corrected chi connectivity index (χ0v) is 16.6. The summed E-state index contributed by atoms with van der Waals surface area (Å²) in [5.74, 6) is 0.279. The van der Waals surface area contributed by atoms with Gasteiger partial charge in [0, 0.05) is 34.7 Å². The van der Waals surface area contributed by atoms with Crippen LogP contribution < -0.4 is 10.5 Å². The maximum absolute atomic E-state index is 12.9. The maximum atomic E-state index is 12.9. The van der Waals surface area contributed by atoms with E-state index in [1.165, 1.54) is 16.8 Å². The lowest BCUT2D eigenvalue weighted by atomic mass is 10.2. The van der Waals surface area contributed by atoms with E-state index in [9.17, 15) is 8.42 Å². The summed E-state index contributed by atoms with van der Waals surface area (Å²) < 4.78 is 29.9. The molecule has 0 unspecified atom stereocenters. The van der Waals surface area contributed by atoms with Crippen LogP contribution in [0.15, 0.2) is 84.0 Å². The minimum atomic E-state index is -3.87. The van der Waals surface area contributed by atoms with E-state index in [1.54, 1.807) is 67.0 Å². The van der Waals surface area contributed by atoms with Crippen molar-refractivity contribution in [2.45, 2.75) is 4.90 Å². The van der Waals surface area contributed by atoms with Gasteiger partial charge in [0.2, 0.25) is 0 Å². The number of aromatic nitrogens is 3. The average molecular weight is 426 g/mol. The molecule has 0 saturated heterocycles. The summed E-state index contributed by atoms with van der Waals surface area (Å²) in [4.78, 5) is 4.06. The van der Waals surface area contributed by atoms with Crippen molar-refractivity contribution in [3.63, 3.8) is 0 Å². The fraction of sp³-hybridized carbons (Fsp3) is 0.